The Morgan fingerprint density at radius 1 is 1.55 bits per heavy atom. The molecule has 0 aliphatic heterocycles. The van der Waals surface area contributed by atoms with Gasteiger partial charge >= 0.3 is 0 Å². The molecule has 0 aromatic heterocycles. The van der Waals surface area contributed by atoms with Crippen molar-refractivity contribution in [3.63, 3.8) is 0 Å². The van der Waals surface area contributed by atoms with Gasteiger partial charge in [-0.3, -0.25) is 4.79 Å². The minimum atomic E-state index is -0.854. The molecule has 1 amide bonds. The number of hydrogen-bond acceptors (Lipinski definition) is 2. The Labute approximate surface area is 119 Å². The second kappa shape index (κ2) is 5.92. The van der Waals surface area contributed by atoms with Crippen LogP contribution in [0.25, 0.3) is 0 Å². The molecule has 0 spiro atoms. The van der Waals surface area contributed by atoms with Crippen molar-refractivity contribution in [2.75, 3.05) is 6.54 Å². The lowest BCUT2D eigenvalue weighted by Gasteiger charge is -2.35. The molecule has 0 radical (unpaired) electrons. The minimum Gasteiger partial charge on any atom is -0.388 e. The summed E-state index contributed by atoms with van der Waals surface area (Å²) in [7, 11) is 0. The number of benzene rings is 1. The van der Waals surface area contributed by atoms with Gasteiger partial charge in [0.15, 0.2) is 0 Å². The predicted molar refractivity (Wildman–Crippen MR) is 76.1 cm³/mol. The highest BCUT2D eigenvalue weighted by atomic mass is 19.1. The van der Waals surface area contributed by atoms with Crippen LogP contribution < -0.4 is 5.32 Å². The van der Waals surface area contributed by atoms with Crippen molar-refractivity contribution in [2.24, 2.45) is 5.92 Å². The Balaban J connectivity index is 1.99. The zero-order chi connectivity index (χ0) is 14.8. The molecule has 2 N–H and O–H groups in total. The van der Waals surface area contributed by atoms with Crippen LogP contribution in [0.1, 0.15) is 48.5 Å². The molecule has 0 saturated heterocycles. The number of nitrogens with one attached hydrogen (secondary N) is 1. The third-order valence-corrected chi connectivity index (χ3v) is 4.01. The molecule has 2 atom stereocenters. The van der Waals surface area contributed by atoms with E-state index in [1.807, 2.05) is 6.92 Å². The van der Waals surface area contributed by atoms with E-state index in [4.69, 9.17) is 0 Å². The Kier molecular flexibility index (Phi) is 4.43. The van der Waals surface area contributed by atoms with Gasteiger partial charge in [0.1, 0.15) is 5.82 Å². The third kappa shape index (κ3) is 3.57. The summed E-state index contributed by atoms with van der Waals surface area (Å²) in [5, 5.41) is 13.1. The molecule has 110 valence electrons. The first-order valence-corrected chi connectivity index (χ1v) is 7.16. The lowest BCUT2D eigenvalue weighted by atomic mass is 9.79. The van der Waals surface area contributed by atoms with Crippen molar-refractivity contribution in [1.29, 1.82) is 0 Å². The van der Waals surface area contributed by atoms with E-state index in [0.29, 0.717) is 18.8 Å². The SMILES string of the molecule is Cc1ccc(F)c(C(=O)NCC2(O)CCCC(C)C2)c1. The molecule has 0 heterocycles. The van der Waals surface area contributed by atoms with E-state index in [0.717, 1.165) is 18.4 Å². The summed E-state index contributed by atoms with van der Waals surface area (Å²) in [5.41, 5.74) is 0.0205. The summed E-state index contributed by atoms with van der Waals surface area (Å²) in [4.78, 5) is 12.0. The fraction of sp³-hybridized carbons (Fsp3) is 0.562. The molecule has 0 bridgehead atoms. The lowest BCUT2D eigenvalue weighted by molar-refractivity contribution is -0.0109. The number of carbonyl (C=O) groups excluding carboxylic acids is 1. The van der Waals surface area contributed by atoms with Crippen molar-refractivity contribution in [3.8, 4) is 0 Å². The number of rotatable bonds is 3. The first-order chi connectivity index (χ1) is 9.39. The average molecular weight is 279 g/mol. The molecule has 3 nitrogen and oxygen atoms in total. The zero-order valence-corrected chi connectivity index (χ0v) is 12.1. The van der Waals surface area contributed by atoms with Crippen LogP contribution >= 0.6 is 0 Å². The van der Waals surface area contributed by atoms with E-state index in [9.17, 15) is 14.3 Å². The van der Waals surface area contributed by atoms with Crippen molar-refractivity contribution in [1.82, 2.24) is 5.32 Å². The van der Waals surface area contributed by atoms with Gasteiger partial charge in [0.2, 0.25) is 0 Å². The summed E-state index contributed by atoms with van der Waals surface area (Å²) < 4.78 is 13.6. The van der Waals surface area contributed by atoms with Gasteiger partial charge in [0.25, 0.3) is 5.91 Å². The number of carbonyl (C=O) groups is 1. The van der Waals surface area contributed by atoms with Gasteiger partial charge < -0.3 is 10.4 Å². The highest BCUT2D eigenvalue weighted by Gasteiger charge is 2.33. The van der Waals surface area contributed by atoms with Crippen LogP contribution in [0.5, 0.6) is 0 Å². The number of hydrogen-bond donors (Lipinski definition) is 2. The molecule has 4 heteroatoms. The topological polar surface area (TPSA) is 49.3 Å². The van der Waals surface area contributed by atoms with Crippen molar-refractivity contribution in [2.45, 2.75) is 45.1 Å². The molecule has 1 fully saturated rings. The quantitative estimate of drug-likeness (QED) is 0.894. The van der Waals surface area contributed by atoms with E-state index >= 15 is 0 Å². The number of halogens is 1. The third-order valence-electron chi connectivity index (χ3n) is 4.01. The highest BCUT2D eigenvalue weighted by molar-refractivity contribution is 5.94. The predicted octanol–water partition coefficient (Wildman–Crippen LogP) is 2.81. The number of aryl methyl sites for hydroxylation is 1. The fourth-order valence-electron chi connectivity index (χ4n) is 2.95. The Bertz CT molecular complexity index is 503. The van der Waals surface area contributed by atoms with Crippen molar-refractivity contribution in [3.05, 3.63) is 35.1 Å². The van der Waals surface area contributed by atoms with E-state index in [1.54, 1.807) is 6.07 Å². The molecular formula is C16H22FNO2. The number of amides is 1. The van der Waals surface area contributed by atoms with Gasteiger partial charge in [0.05, 0.1) is 11.2 Å². The van der Waals surface area contributed by atoms with Gasteiger partial charge in [-0.2, -0.15) is 0 Å². The molecule has 1 aliphatic carbocycles. The maximum absolute atomic E-state index is 13.6. The van der Waals surface area contributed by atoms with Gasteiger partial charge in [-0.15, -0.1) is 0 Å². The average Bonchev–Trinajstić information content (AvgIpc) is 2.39. The Hall–Kier alpha value is -1.42. The normalized spacial score (nSPS) is 26.3. The molecular weight excluding hydrogens is 257 g/mol. The van der Waals surface area contributed by atoms with Crippen molar-refractivity contribution < 1.29 is 14.3 Å². The van der Waals surface area contributed by atoms with Crippen LogP contribution in [-0.4, -0.2) is 23.2 Å². The summed E-state index contributed by atoms with van der Waals surface area (Å²) in [6.45, 7) is 4.10. The van der Waals surface area contributed by atoms with Crippen LogP contribution in [0.3, 0.4) is 0 Å². The molecule has 20 heavy (non-hydrogen) atoms. The second-order valence-electron chi connectivity index (χ2n) is 6.09. The van der Waals surface area contributed by atoms with E-state index in [-0.39, 0.29) is 12.1 Å². The largest absolute Gasteiger partial charge is 0.388 e. The summed E-state index contributed by atoms with van der Waals surface area (Å²) in [6.07, 6.45) is 3.45. The molecule has 2 unspecified atom stereocenters. The van der Waals surface area contributed by atoms with E-state index in [1.165, 1.54) is 12.1 Å². The lowest BCUT2D eigenvalue weighted by Crippen LogP contribution is -2.45. The number of aliphatic hydroxyl groups is 1. The molecule has 1 aliphatic rings. The molecule has 1 saturated carbocycles. The molecule has 1 aromatic rings. The van der Waals surface area contributed by atoms with E-state index < -0.39 is 17.3 Å². The van der Waals surface area contributed by atoms with Gasteiger partial charge in [0, 0.05) is 6.54 Å². The molecule has 2 rings (SSSR count). The van der Waals surface area contributed by atoms with E-state index in [2.05, 4.69) is 12.2 Å². The monoisotopic (exact) mass is 279 g/mol. The summed E-state index contributed by atoms with van der Waals surface area (Å²) >= 11 is 0. The maximum atomic E-state index is 13.6. The Morgan fingerprint density at radius 2 is 2.30 bits per heavy atom. The second-order valence-corrected chi connectivity index (χ2v) is 6.09. The van der Waals surface area contributed by atoms with Crippen LogP contribution in [0.2, 0.25) is 0 Å². The van der Waals surface area contributed by atoms with Gasteiger partial charge in [-0.1, -0.05) is 31.4 Å². The molecule has 1 aromatic carbocycles. The van der Waals surface area contributed by atoms with Crippen LogP contribution in [0.4, 0.5) is 4.39 Å². The first-order valence-electron chi connectivity index (χ1n) is 7.16. The van der Waals surface area contributed by atoms with Gasteiger partial charge in [-0.05, 0) is 37.8 Å². The van der Waals surface area contributed by atoms with Crippen molar-refractivity contribution >= 4 is 5.91 Å². The fourth-order valence-corrected chi connectivity index (χ4v) is 2.95. The van der Waals surface area contributed by atoms with Gasteiger partial charge in [-0.25, -0.2) is 4.39 Å². The van der Waals surface area contributed by atoms with Crippen LogP contribution in [0, 0.1) is 18.7 Å². The standard InChI is InChI=1S/C16H22FNO2/c1-11-5-6-14(17)13(8-11)15(19)18-10-16(20)7-3-4-12(2)9-16/h5-6,8,12,20H,3-4,7,9-10H2,1-2H3,(H,18,19). The first kappa shape index (κ1) is 15.0. The smallest absolute Gasteiger partial charge is 0.254 e. The Morgan fingerprint density at radius 3 is 3.00 bits per heavy atom. The van der Waals surface area contributed by atoms with Crippen LogP contribution in [-0.2, 0) is 0 Å². The minimum absolute atomic E-state index is 0.0393. The zero-order valence-electron chi connectivity index (χ0n) is 12.1. The highest BCUT2D eigenvalue weighted by Crippen LogP contribution is 2.31. The maximum Gasteiger partial charge on any atom is 0.254 e. The summed E-state index contributed by atoms with van der Waals surface area (Å²) in [5.74, 6) is -0.531. The van der Waals surface area contributed by atoms with Crippen LogP contribution in [0.15, 0.2) is 18.2 Å². The summed E-state index contributed by atoms with van der Waals surface area (Å²) in [6, 6.07) is 4.45.